The van der Waals surface area contributed by atoms with Gasteiger partial charge in [0.2, 0.25) is 0 Å². The van der Waals surface area contributed by atoms with Crippen molar-refractivity contribution in [3.8, 4) is 0 Å². The Morgan fingerprint density at radius 3 is 2.20 bits per heavy atom. The van der Waals surface area contributed by atoms with Crippen LogP contribution in [-0.4, -0.2) is 31.5 Å². The number of carbonyl (C=O) groups is 3. The lowest BCUT2D eigenvalue weighted by Gasteiger charge is -2.08. The highest BCUT2D eigenvalue weighted by atomic mass is 16.5. The normalized spacial score (nSPS) is 9.96. The number of ether oxygens (including phenoxy) is 2. The van der Waals surface area contributed by atoms with Crippen LogP contribution in [0.1, 0.15) is 26.3 Å². The number of methoxy groups -OCH3 is 1. The molecule has 0 aromatic heterocycles. The average molecular weight is 342 g/mol. The fourth-order valence-corrected chi connectivity index (χ4v) is 1.94. The van der Waals surface area contributed by atoms with E-state index in [1.54, 1.807) is 61.7 Å². The molecule has 25 heavy (non-hydrogen) atoms. The lowest BCUT2D eigenvalue weighted by Crippen LogP contribution is -2.43. The zero-order valence-corrected chi connectivity index (χ0v) is 13.7. The molecule has 0 atom stereocenters. The Morgan fingerprint density at radius 1 is 0.880 bits per heavy atom. The number of hydrogen-bond donors (Lipinski definition) is 2. The average Bonchev–Trinajstić information content (AvgIpc) is 2.65. The quantitative estimate of drug-likeness (QED) is 0.612. The molecule has 7 nitrogen and oxygen atoms in total. The van der Waals surface area contributed by atoms with Crippen molar-refractivity contribution in [3.05, 3.63) is 71.3 Å². The van der Waals surface area contributed by atoms with E-state index in [1.807, 2.05) is 0 Å². The van der Waals surface area contributed by atoms with E-state index in [1.165, 1.54) is 0 Å². The first-order chi connectivity index (χ1) is 12.1. The van der Waals surface area contributed by atoms with Crippen LogP contribution in [0.15, 0.2) is 54.6 Å². The van der Waals surface area contributed by atoms with Gasteiger partial charge in [0.25, 0.3) is 11.8 Å². The molecule has 0 radical (unpaired) electrons. The molecule has 0 aliphatic carbocycles. The number of benzene rings is 2. The number of hydrazine groups is 1. The minimum absolute atomic E-state index is 0.320. The summed E-state index contributed by atoms with van der Waals surface area (Å²) in [5.41, 5.74) is 6.06. The zero-order chi connectivity index (χ0) is 18.1. The first-order valence-electron chi connectivity index (χ1n) is 7.49. The predicted molar refractivity (Wildman–Crippen MR) is 89.5 cm³/mol. The summed E-state index contributed by atoms with van der Waals surface area (Å²) < 4.78 is 9.88. The predicted octanol–water partition coefficient (Wildman–Crippen LogP) is 1.45. The molecule has 0 spiro atoms. The van der Waals surface area contributed by atoms with E-state index in [0.29, 0.717) is 17.7 Å². The molecule has 0 aliphatic rings. The van der Waals surface area contributed by atoms with Crippen molar-refractivity contribution >= 4 is 17.8 Å². The standard InChI is InChI=1S/C18H18N2O5/c1-24-11-13-7-9-15(10-8-13)18(23)25-12-16(21)19-20-17(22)14-5-3-2-4-6-14/h2-10H,11-12H2,1H3,(H,19,21)(H,20,22). The smallest absolute Gasteiger partial charge is 0.338 e. The Bertz CT molecular complexity index is 729. The monoisotopic (exact) mass is 342 g/mol. The Hall–Kier alpha value is -3.19. The SMILES string of the molecule is COCc1ccc(C(=O)OCC(=O)NNC(=O)c2ccccc2)cc1. The maximum atomic E-state index is 11.9. The fraction of sp³-hybridized carbons (Fsp3) is 0.167. The first kappa shape index (κ1) is 18.2. The summed E-state index contributed by atoms with van der Waals surface area (Å²) in [6.07, 6.45) is 0. The molecule has 2 amide bonds. The van der Waals surface area contributed by atoms with Gasteiger partial charge in [0, 0.05) is 12.7 Å². The van der Waals surface area contributed by atoms with E-state index in [4.69, 9.17) is 9.47 Å². The Balaban J connectivity index is 1.75. The molecule has 0 fully saturated rings. The molecule has 0 heterocycles. The molecule has 2 aromatic rings. The summed E-state index contributed by atoms with van der Waals surface area (Å²) in [5.74, 6) is -1.74. The van der Waals surface area contributed by atoms with Crippen molar-refractivity contribution in [2.75, 3.05) is 13.7 Å². The van der Waals surface area contributed by atoms with Gasteiger partial charge in [-0.1, -0.05) is 30.3 Å². The van der Waals surface area contributed by atoms with E-state index >= 15 is 0 Å². The van der Waals surface area contributed by atoms with E-state index in [0.717, 1.165) is 5.56 Å². The summed E-state index contributed by atoms with van der Waals surface area (Å²) >= 11 is 0. The van der Waals surface area contributed by atoms with Crippen LogP contribution in [-0.2, 0) is 20.9 Å². The lowest BCUT2D eigenvalue weighted by molar-refractivity contribution is -0.125. The number of carbonyl (C=O) groups excluding carboxylic acids is 3. The number of esters is 1. The van der Waals surface area contributed by atoms with E-state index < -0.39 is 24.4 Å². The van der Waals surface area contributed by atoms with Crippen LogP contribution in [0.2, 0.25) is 0 Å². The Labute approximate surface area is 144 Å². The van der Waals surface area contributed by atoms with Crippen LogP contribution < -0.4 is 10.9 Å². The van der Waals surface area contributed by atoms with Gasteiger partial charge in [-0.25, -0.2) is 4.79 Å². The molecule has 130 valence electrons. The second-order valence-electron chi connectivity index (χ2n) is 5.07. The molecule has 2 N–H and O–H groups in total. The first-order valence-corrected chi connectivity index (χ1v) is 7.49. The molecular weight excluding hydrogens is 324 g/mol. The van der Waals surface area contributed by atoms with E-state index in [-0.39, 0.29) is 0 Å². The fourth-order valence-electron chi connectivity index (χ4n) is 1.94. The van der Waals surface area contributed by atoms with Gasteiger partial charge in [-0.15, -0.1) is 0 Å². The van der Waals surface area contributed by atoms with Gasteiger partial charge in [0.05, 0.1) is 12.2 Å². The van der Waals surface area contributed by atoms with E-state index in [9.17, 15) is 14.4 Å². The van der Waals surface area contributed by atoms with Crippen LogP contribution in [0.25, 0.3) is 0 Å². The number of rotatable bonds is 6. The summed E-state index contributed by atoms with van der Waals surface area (Å²) in [7, 11) is 1.58. The van der Waals surface area contributed by atoms with Gasteiger partial charge in [-0.05, 0) is 29.8 Å². The number of hydrogen-bond acceptors (Lipinski definition) is 5. The van der Waals surface area contributed by atoms with Gasteiger partial charge in [-0.3, -0.25) is 20.4 Å². The van der Waals surface area contributed by atoms with Crippen molar-refractivity contribution in [2.45, 2.75) is 6.61 Å². The lowest BCUT2D eigenvalue weighted by atomic mass is 10.1. The molecular formula is C18H18N2O5. The Morgan fingerprint density at radius 2 is 1.56 bits per heavy atom. The molecule has 0 bridgehead atoms. The molecule has 0 saturated carbocycles. The molecule has 2 rings (SSSR count). The summed E-state index contributed by atoms with van der Waals surface area (Å²) in [6.45, 7) is -0.0629. The van der Waals surface area contributed by atoms with Crippen molar-refractivity contribution in [3.63, 3.8) is 0 Å². The summed E-state index contributed by atoms with van der Waals surface area (Å²) in [5, 5.41) is 0. The molecule has 0 saturated heterocycles. The van der Waals surface area contributed by atoms with Crippen molar-refractivity contribution < 1.29 is 23.9 Å². The van der Waals surface area contributed by atoms with Crippen molar-refractivity contribution in [1.29, 1.82) is 0 Å². The zero-order valence-electron chi connectivity index (χ0n) is 13.7. The highest BCUT2D eigenvalue weighted by molar-refractivity contribution is 5.96. The minimum atomic E-state index is -0.645. The molecule has 0 aliphatic heterocycles. The summed E-state index contributed by atoms with van der Waals surface area (Å²) in [4.78, 5) is 35.2. The largest absolute Gasteiger partial charge is 0.452 e. The van der Waals surface area contributed by atoms with Crippen LogP contribution in [0.4, 0.5) is 0 Å². The number of amides is 2. The highest BCUT2D eigenvalue weighted by Gasteiger charge is 2.11. The van der Waals surface area contributed by atoms with E-state index in [2.05, 4.69) is 10.9 Å². The van der Waals surface area contributed by atoms with Gasteiger partial charge in [0.1, 0.15) is 0 Å². The van der Waals surface area contributed by atoms with Crippen LogP contribution in [0.3, 0.4) is 0 Å². The van der Waals surface area contributed by atoms with Gasteiger partial charge >= 0.3 is 5.97 Å². The Kier molecular flexibility index (Phi) is 6.67. The second kappa shape index (κ2) is 9.19. The maximum absolute atomic E-state index is 11.9. The molecule has 0 unspecified atom stereocenters. The van der Waals surface area contributed by atoms with Crippen LogP contribution in [0.5, 0.6) is 0 Å². The topological polar surface area (TPSA) is 93.7 Å². The number of nitrogens with one attached hydrogen (secondary N) is 2. The van der Waals surface area contributed by atoms with Gasteiger partial charge in [0.15, 0.2) is 6.61 Å². The maximum Gasteiger partial charge on any atom is 0.338 e. The molecule has 7 heteroatoms. The second-order valence-corrected chi connectivity index (χ2v) is 5.07. The van der Waals surface area contributed by atoms with Gasteiger partial charge in [-0.2, -0.15) is 0 Å². The van der Waals surface area contributed by atoms with Gasteiger partial charge < -0.3 is 9.47 Å². The molecule has 2 aromatic carbocycles. The van der Waals surface area contributed by atoms with Crippen molar-refractivity contribution in [2.24, 2.45) is 0 Å². The third-order valence-electron chi connectivity index (χ3n) is 3.19. The van der Waals surface area contributed by atoms with Crippen LogP contribution >= 0.6 is 0 Å². The highest BCUT2D eigenvalue weighted by Crippen LogP contribution is 2.07. The summed E-state index contributed by atoms with van der Waals surface area (Å²) in [6, 6.07) is 15.0. The third kappa shape index (κ3) is 5.74. The van der Waals surface area contributed by atoms with Crippen molar-refractivity contribution in [1.82, 2.24) is 10.9 Å². The minimum Gasteiger partial charge on any atom is -0.452 e. The van der Waals surface area contributed by atoms with Crippen LogP contribution in [0, 0.1) is 0 Å². The third-order valence-corrected chi connectivity index (χ3v) is 3.19.